The Hall–Kier alpha value is -3.21. The Morgan fingerprint density at radius 2 is 1.36 bits per heavy atom. The van der Waals surface area contributed by atoms with Crippen LogP contribution in [-0.2, 0) is 0 Å². The number of nitrogen functional groups attached to an aromatic ring is 1. The Morgan fingerprint density at radius 1 is 0.727 bits per heavy atom. The van der Waals surface area contributed by atoms with Crippen molar-refractivity contribution in [3.05, 3.63) is 48.5 Å². The van der Waals surface area contributed by atoms with Crippen molar-refractivity contribution >= 4 is 49.3 Å². The summed E-state index contributed by atoms with van der Waals surface area (Å²) in [6, 6.07) is 16.5. The molecule has 3 N–H and O–H groups in total. The fraction of sp³-hybridized carbons (Fsp3) is 0. The molecule has 0 radical (unpaired) electrons. The average Bonchev–Trinajstić information content (AvgIpc) is 2.96. The van der Waals surface area contributed by atoms with Crippen LogP contribution in [0.15, 0.2) is 48.5 Å². The molecule has 5 heteroatoms. The van der Waals surface area contributed by atoms with Gasteiger partial charge in [-0.05, 0) is 16.2 Å². The SMILES string of the molecule is Nc1[nH]nc2nnc3c4ccccc4c4ccccc4c3c12. The number of H-pyrrole nitrogens is 1. The number of nitrogens with zero attached hydrogens (tertiary/aromatic N) is 3. The van der Waals surface area contributed by atoms with E-state index in [2.05, 4.69) is 44.7 Å². The van der Waals surface area contributed by atoms with E-state index in [4.69, 9.17) is 5.73 Å². The number of hydrogen-bond donors (Lipinski definition) is 2. The second-order valence-electron chi connectivity index (χ2n) is 5.35. The lowest BCUT2D eigenvalue weighted by Crippen LogP contribution is -1.92. The summed E-state index contributed by atoms with van der Waals surface area (Å²) in [5.74, 6) is 0.523. The van der Waals surface area contributed by atoms with E-state index in [9.17, 15) is 0 Å². The van der Waals surface area contributed by atoms with E-state index in [1.165, 1.54) is 10.8 Å². The van der Waals surface area contributed by atoms with Crippen molar-refractivity contribution in [2.75, 3.05) is 5.73 Å². The molecule has 0 saturated carbocycles. The van der Waals surface area contributed by atoms with E-state index >= 15 is 0 Å². The predicted octanol–water partition coefficient (Wildman–Crippen LogP) is 3.39. The Morgan fingerprint density at radius 3 is 2.14 bits per heavy atom. The standard InChI is InChI=1S/C17H11N5/c18-16-14-13-11-7-3-1-5-9(11)10-6-2-4-8-12(10)15(13)19-21-17(14)22-20-16/h1-8H,(H3,18,20,21,22). The van der Waals surface area contributed by atoms with Gasteiger partial charge in [-0.15, -0.1) is 10.2 Å². The van der Waals surface area contributed by atoms with Gasteiger partial charge in [-0.1, -0.05) is 48.5 Å². The normalized spacial score (nSPS) is 11.8. The third-order valence-corrected chi connectivity index (χ3v) is 4.18. The zero-order chi connectivity index (χ0) is 14.7. The van der Waals surface area contributed by atoms with E-state index in [-0.39, 0.29) is 0 Å². The zero-order valence-electron chi connectivity index (χ0n) is 11.5. The topological polar surface area (TPSA) is 80.5 Å². The van der Waals surface area contributed by atoms with Crippen molar-refractivity contribution in [2.24, 2.45) is 0 Å². The molecule has 0 amide bonds. The van der Waals surface area contributed by atoms with Crippen LogP contribution in [0, 0.1) is 0 Å². The van der Waals surface area contributed by atoms with Gasteiger partial charge in [0.2, 0.25) is 5.65 Å². The van der Waals surface area contributed by atoms with Crippen LogP contribution in [0.1, 0.15) is 0 Å². The highest BCUT2D eigenvalue weighted by molar-refractivity contribution is 6.30. The summed E-state index contributed by atoms with van der Waals surface area (Å²) in [7, 11) is 0. The van der Waals surface area contributed by atoms with Crippen LogP contribution >= 0.6 is 0 Å². The molecule has 0 aliphatic rings. The van der Waals surface area contributed by atoms with E-state index < -0.39 is 0 Å². The van der Waals surface area contributed by atoms with E-state index in [0.717, 1.165) is 27.1 Å². The number of nitrogens with one attached hydrogen (secondary N) is 1. The Kier molecular flexibility index (Phi) is 2.04. The Labute approximate surface area is 124 Å². The molecular weight excluding hydrogens is 274 g/mol. The van der Waals surface area contributed by atoms with Gasteiger partial charge in [-0.3, -0.25) is 5.10 Å². The summed E-state index contributed by atoms with van der Waals surface area (Å²) in [4.78, 5) is 0. The van der Waals surface area contributed by atoms with Crippen molar-refractivity contribution < 1.29 is 0 Å². The Bertz CT molecular complexity index is 1150. The monoisotopic (exact) mass is 285 g/mol. The molecule has 0 spiro atoms. The minimum Gasteiger partial charge on any atom is -0.383 e. The number of fused-ring (bicyclic) bond motifs is 8. The number of aromatic amines is 1. The van der Waals surface area contributed by atoms with E-state index in [1.807, 2.05) is 24.3 Å². The first-order chi connectivity index (χ1) is 10.8. The first-order valence-corrected chi connectivity index (χ1v) is 7.04. The third kappa shape index (κ3) is 1.30. The van der Waals surface area contributed by atoms with Gasteiger partial charge in [0.15, 0.2) is 0 Å². The summed E-state index contributed by atoms with van der Waals surface area (Å²) in [6.45, 7) is 0. The largest absolute Gasteiger partial charge is 0.383 e. The Balaban J connectivity index is 2.26. The zero-order valence-corrected chi connectivity index (χ0v) is 11.5. The molecule has 104 valence electrons. The van der Waals surface area contributed by atoms with Crippen molar-refractivity contribution in [1.29, 1.82) is 0 Å². The molecule has 5 rings (SSSR count). The molecular formula is C17H11N5. The van der Waals surface area contributed by atoms with E-state index in [0.29, 0.717) is 11.5 Å². The average molecular weight is 285 g/mol. The maximum absolute atomic E-state index is 6.09. The smallest absolute Gasteiger partial charge is 0.205 e. The number of hydrogen-bond acceptors (Lipinski definition) is 4. The van der Waals surface area contributed by atoms with Crippen molar-refractivity contribution in [3.63, 3.8) is 0 Å². The molecule has 5 aromatic rings. The molecule has 0 aliphatic carbocycles. The van der Waals surface area contributed by atoms with Crippen LogP contribution in [-0.4, -0.2) is 20.4 Å². The molecule has 0 bridgehead atoms. The molecule has 0 unspecified atom stereocenters. The van der Waals surface area contributed by atoms with Gasteiger partial charge in [0, 0.05) is 10.8 Å². The first-order valence-electron chi connectivity index (χ1n) is 7.04. The van der Waals surface area contributed by atoms with Crippen LogP contribution in [0.5, 0.6) is 0 Å². The number of aromatic nitrogens is 4. The maximum atomic E-state index is 6.09. The summed E-state index contributed by atoms with van der Waals surface area (Å²) >= 11 is 0. The number of rotatable bonds is 0. The quantitative estimate of drug-likeness (QED) is 0.427. The molecule has 5 nitrogen and oxygen atoms in total. The highest BCUT2D eigenvalue weighted by atomic mass is 15.2. The van der Waals surface area contributed by atoms with Gasteiger partial charge in [-0.25, -0.2) is 0 Å². The van der Waals surface area contributed by atoms with Crippen molar-refractivity contribution in [3.8, 4) is 0 Å². The van der Waals surface area contributed by atoms with E-state index in [1.54, 1.807) is 0 Å². The maximum Gasteiger partial charge on any atom is 0.205 e. The molecule has 0 fully saturated rings. The van der Waals surface area contributed by atoms with Gasteiger partial charge in [-0.2, -0.15) is 5.10 Å². The molecule has 2 aromatic heterocycles. The fourth-order valence-corrected chi connectivity index (χ4v) is 3.24. The minimum absolute atomic E-state index is 0.523. The van der Waals surface area contributed by atoms with Gasteiger partial charge in [0.05, 0.1) is 5.39 Å². The van der Waals surface area contributed by atoms with Crippen molar-refractivity contribution in [1.82, 2.24) is 20.4 Å². The summed E-state index contributed by atoms with van der Waals surface area (Å²) in [6.07, 6.45) is 0. The summed E-state index contributed by atoms with van der Waals surface area (Å²) in [5.41, 5.74) is 7.49. The highest BCUT2D eigenvalue weighted by Crippen LogP contribution is 2.37. The number of anilines is 1. The van der Waals surface area contributed by atoms with Gasteiger partial charge < -0.3 is 5.73 Å². The van der Waals surface area contributed by atoms with Crippen LogP contribution in [0.3, 0.4) is 0 Å². The van der Waals surface area contributed by atoms with Crippen LogP contribution < -0.4 is 5.73 Å². The predicted molar refractivity (Wildman–Crippen MR) is 88.6 cm³/mol. The number of benzene rings is 3. The molecule has 2 heterocycles. The lowest BCUT2D eigenvalue weighted by atomic mass is 9.96. The molecule has 0 atom stereocenters. The van der Waals surface area contributed by atoms with Crippen molar-refractivity contribution in [2.45, 2.75) is 0 Å². The molecule has 0 aliphatic heterocycles. The van der Waals surface area contributed by atoms with Gasteiger partial charge >= 0.3 is 0 Å². The second-order valence-corrected chi connectivity index (χ2v) is 5.35. The summed E-state index contributed by atoms with van der Waals surface area (Å²) in [5, 5.41) is 22.0. The van der Waals surface area contributed by atoms with Gasteiger partial charge in [0.25, 0.3) is 0 Å². The highest BCUT2D eigenvalue weighted by Gasteiger charge is 2.15. The molecule has 22 heavy (non-hydrogen) atoms. The molecule has 0 saturated heterocycles. The molecule has 3 aromatic carbocycles. The van der Waals surface area contributed by atoms with Crippen LogP contribution in [0.4, 0.5) is 5.82 Å². The minimum atomic E-state index is 0.523. The van der Waals surface area contributed by atoms with Gasteiger partial charge in [0.1, 0.15) is 11.3 Å². The lowest BCUT2D eigenvalue weighted by Gasteiger charge is -2.09. The second kappa shape index (κ2) is 3.92. The summed E-state index contributed by atoms with van der Waals surface area (Å²) < 4.78 is 0. The lowest BCUT2D eigenvalue weighted by molar-refractivity contribution is 1.05. The van der Waals surface area contributed by atoms with Crippen LogP contribution in [0.2, 0.25) is 0 Å². The van der Waals surface area contributed by atoms with Crippen LogP contribution in [0.25, 0.3) is 43.5 Å². The first kappa shape index (κ1) is 11.4. The number of nitrogens with two attached hydrogens (primary N) is 1. The fourth-order valence-electron chi connectivity index (χ4n) is 3.24. The third-order valence-electron chi connectivity index (χ3n) is 4.18.